The van der Waals surface area contributed by atoms with Gasteiger partial charge in [0.25, 0.3) is 10.0 Å². The Morgan fingerprint density at radius 2 is 1.46 bits per heavy atom. The van der Waals surface area contributed by atoms with Crippen LogP contribution in [-0.2, 0) is 26.2 Å². The minimum Gasteiger partial charge on any atom is -0.352 e. The number of nitrogens with zero attached hydrogens (tertiary/aromatic N) is 2. The number of anilines is 1. The van der Waals surface area contributed by atoms with Crippen molar-refractivity contribution in [3.05, 3.63) is 93.0 Å². The monoisotopic (exact) mass is 617 g/mol. The molecular weight excluding hydrogens is 581 g/mol. The van der Waals surface area contributed by atoms with Gasteiger partial charge in [0.1, 0.15) is 12.6 Å². The van der Waals surface area contributed by atoms with Gasteiger partial charge in [-0.2, -0.15) is 0 Å². The van der Waals surface area contributed by atoms with Crippen molar-refractivity contribution in [2.45, 2.75) is 71.5 Å². The Labute approximate surface area is 253 Å². The van der Waals surface area contributed by atoms with Crippen LogP contribution in [0.15, 0.2) is 65.6 Å². The molecule has 0 aliphatic carbocycles. The van der Waals surface area contributed by atoms with E-state index in [4.69, 9.17) is 23.2 Å². The molecule has 0 unspecified atom stereocenters. The lowest BCUT2D eigenvalue weighted by atomic mass is 10.1. The maximum atomic E-state index is 14.1. The van der Waals surface area contributed by atoms with Gasteiger partial charge >= 0.3 is 0 Å². The Morgan fingerprint density at radius 1 is 0.854 bits per heavy atom. The van der Waals surface area contributed by atoms with E-state index in [1.54, 1.807) is 49.4 Å². The van der Waals surface area contributed by atoms with Crippen LogP contribution >= 0.6 is 23.2 Å². The van der Waals surface area contributed by atoms with Crippen LogP contribution in [0.5, 0.6) is 0 Å². The van der Waals surface area contributed by atoms with Gasteiger partial charge in [-0.25, -0.2) is 8.42 Å². The van der Waals surface area contributed by atoms with Crippen LogP contribution in [0.2, 0.25) is 10.0 Å². The lowest BCUT2D eigenvalue weighted by Gasteiger charge is -2.32. The number of carbonyl (C=O) groups is 2. The topological polar surface area (TPSA) is 86.8 Å². The summed E-state index contributed by atoms with van der Waals surface area (Å²) >= 11 is 12.3. The number of nitrogens with one attached hydrogen (secondary N) is 1. The number of hydrogen-bond acceptors (Lipinski definition) is 4. The molecule has 0 aliphatic heterocycles. The average Bonchev–Trinajstić information content (AvgIpc) is 2.91. The fourth-order valence-corrected chi connectivity index (χ4v) is 6.06. The van der Waals surface area contributed by atoms with E-state index in [2.05, 4.69) is 5.32 Å². The van der Waals surface area contributed by atoms with Crippen molar-refractivity contribution in [2.75, 3.05) is 10.8 Å². The van der Waals surface area contributed by atoms with Crippen LogP contribution < -0.4 is 9.62 Å². The molecule has 0 bridgehead atoms. The van der Waals surface area contributed by atoms with Crippen molar-refractivity contribution in [2.24, 2.45) is 0 Å². The number of hydrogen-bond donors (Lipinski definition) is 1. The van der Waals surface area contributed by atoms with E-state index >= 15 is 0 Å². The smallest absolute Gasteiger partial charge is 0.264 e. The SMILES string of the molecule is CC[C@@H](C)NC(=O)[C@H](C)N(Cc1ccc(Cl)c(Cl)c1)C(=O)CN(c1cc(C)cc(C)c1)S(=O)(=O)c1ccc(C)cc1. The van der Waals surface area contributed by atoms with Crippen molar-refractivity contribution in [1.82, 2.24) is 10.2 Å². The van der Waals surface area contributed by atoms with Crippen LogP contribution in [0.4, 0.5) is 5.69 Å². The van der Waals surface area contributed by atoms with Gasteiger partial charge in [-0.1, -0.05) is 60.0 Å². The molecule has 0 spiro atoms. The largest absolute Gasteiger partial charge is 0.352 e. The van der Waals surface area contributed by atoms with Gasteiger partial charge in [0.2, 0.25) is 11.8 Å². The summed E-state index contributed by atoms with van der Waals surface area (Å²) in [5, 5.41) is 3.59. The Balaban J connectivity index is 2.07. The van der Waals surface area contributed by atoms with E-state index in [1.165, 1.54) is 17.0 Å². The molecule has 0 saturated heterocycles. The average molecular weight is 619 g/mol. The number of sulfonamides is 1. The predicted octanol–water partition coefficient (Wildman–Crippen LogP) is 6.45. The van der Waals surface area contributed by atoms with Crippen LogP contribution in [-0.4, -0.2) is 43.8 Å². The summed E-state index contributed by atoms with van der Waals surface area (Å²) in [6, 6.07) is 15.9. The summed E-state index contributed by atoms with van der Waals surface area (Å²) < 4.78 is 29.1. The fourth-order valence-electron chi connectivity index (χ4n) is 4.34. The van der Waals surface area contributed by atoms with E-state index in [9.17, 15) is 18.0 Å². The van der Waals surface area contributed by atoms with E-state index in [0.29, 0.717) is 27.7 Å². The number of halogens is 2. The highest BCUT2D eigenvalue weighted by Crippen LogP contribution is 2.28. The molecule has 0 aromatic heterocycles. The van der Waals surface area contributed by atoms with Gasteiger partial charge in [0.15, 0.2) is 0 Å². The molecule has 0 radical (unpaired) electrons. The van der Waals surface area contributed by atoms with Crippen molar-refractivity contribution in [3.63, 3.8) is 0 Å². The summed E-state index contributed by atoms with van der Waals surface area (Å²) in [4.78, 5) is 28.7. The van der Waals surface area contributed by atoms with E-state index in [1.807, 2.05) is 40.7 Å². The Hall–Kier alpha value is -3.07. The zero-order chi connectivity index (χ0) is 30.5. The molecule has 3 rings (SSSR count). The highest BCUT2D eigenvalue weighted by molar-refractivity contribution is 7.92. The lowest BCUT2D eigenvalue weighted by molar-refractivity contribution is -0.139. The van der Waals surface area contributed by atoms with E-state index < -0.39 is 28.5 Å². The van der Waals surface area contributed by atoms with Gasteiger partial charge < -0.3 is 10.2 Å². The summed E-state index contributed by atoms with van der Waals surface area (Å²) in [5.74, 6) is -0.884. The zero-order valence-electron chi connectivity index (χ0n) is 24.2. The third kappa shape index (κ3) is 8.24. The molecule has 0 saturated carbocycles. The summed E-state index contributed by atoms with van der Waals surface area (Å²) in [5.41, 5.74) is 3.63. The zero-order valence-corrected chi connectivity index (χ0v) is 26.6. The molecule has 7 nitrogen and oxygen atoms in total. The van der Waals surface area contributed by atoms with Crippen molar-refractivity contribution in [1.29, 1.82) is 0 Å². The molecule has 220 valence electrons. The summed E-state index contributed by atoms with van der Waals surface area (Å²) in [6.45, 7) is 10.6. The van der Waals surface area contributed by atoms with Gasteiger partial charge in [-0.05, 0) is 94.1 Å². The molecule has 0 heterocycles. The second-order valence-corrected chi connectivity index (χ2v) is 13.1. The lowest BCUT2D eigenvalue weighted by Crippen LogP contribution is -2.52. The second-order valence-electron chi connectivity index (χ2n) is 10.4. The van der Waals surface area contributed by atoms with E-state index in [-0.39, 0.29) is 23.4 Å². The molecule has 10 heteroatoms. The number of benzene rings is 3. The first-order valence-corrected chi connectivity index (χ1v) is 15.6. The molecule has 0 fully saturated rings. The van der Waals surface area contributed by atoms with Gasteiger partial charge in [0.05, 0.1) is 20.6 Å². The number of amides is 2. The molecule has 2 amide bonds. The van der Waals surface area contributed by atoms with Gasteiger partial charge in [-0.3, -0.25) is 13.9 Å². The molecule has 3 aromatic carbocycles. The Kier molecular flexibility index (Phi) is 10.9. The van der Waals surface area contributed by atoms with Crippen molar-refractivity contribution < 1.29 is 18.0 Å². The summed E-state index contributed by atoms with van der Waals surface area (Å²) in [7, 11) is -4.14. The van der Waals surface area contributed by atoms with Crippen LogP contribution in [0, 0.1) is 20.8 Å². The quantitative estimate of drug-likeness (QED) is 0.268. The maximum absolute atomic E-state index is 14.1. The van der Waals surface area contributed by atoms with Crippen LogP contribution in [0.1, 0.15) is 49.4 Å². The Morgan fingerprint density at radius 3 is 2.02 bits per heavy atom. The number of carbonyl (C=O) groups excluding carboxylic acids is 2. The third-order valence-corrected chi connectivity index (χ3v) is 9.41. The van der Waals surface area contributed by atoms with Gasteiger partial charge in [0, 0.05) is 12.6 Å². The fraction of sp³-hybridized carbons (Fsp3) is 0.355. The number of rotatable bonds is 11. The first-order valence-electron chi connectivity index (χ1n) is 13.4. The maximum Gasteiger partial charge on any atom is 0.264 e. The minimum absolute atomic E-state index is 0.0239. The molecule has 41 heavy (non-hydrogen) atoms. The molecule has 1 N–H and O–H groups in total. The highest BCUT2D eigenvalue weighted by Gasteiger charge is 2.33. The third-order valence-electron chi connectivity index (χ3n) is 6.89. The van der Waals surface area contributed by atoms with Crippen molar-refractivity contribution in [3.8, 4) is 0 Å². The normalized spacial score (nSPS) is 12.9. The first-order chi connectivity index (χ1) is 19.2. The van der Waals surface area contributed by atoms with Crippen LogP contribution in [0.3, 0.4) is 0 Å². The van der Waals surface area contributed by atoms with E-state index in [0.717, 1.165) is 21.0 Å². The second kappa shape index (κ2) is 13.7. The van der Waals surface area contributed by atoms with Crippen molar-refractivity contribution >= 4 is 50.7 Å². The van der Waals surface area contributed by atoms with Gasteiger partial charge in [-0.15, -0.1) is 0 Å². The van der Waals surface area contributed by atoms with Crippen LogP contribution in [0.25, 0.3) is 0 Å². The predicted molar refractivity (Wildman–Crippen MR) is 166 cm³/mol. The minimum atomic E-state index is -4.14. The standard InChI is InChI=1S/C31H37Cl2N3O4S/c1-7-23(5)34-31(38)24(6)35(18-25-10-13-28(32)29(33)17-25)30(37)19-36(26-15-21(3)14-22(4)16-26)41(39,40)27-11-8-20(2)9-12-27/h8-17,23-24H,7,18-19H2,1-6H3,(H,34,38)/t23-,24+/m1/s1. The Bertz CT molecular complexity index is 1490. The highest BCUT2D eigenvalue weighted by atomic mass is 35.5. The molecule has 2 atom stereocenters. The first kappa shape index (κ1) is 32.4. The molecule has 0 aliphatic rings. The molecule has 3 aromatic rings. The summed E-state index contributed by atoms with van der Waals surface area (Å²) in [6.07, 6.45) is 0.717. The number of aryl methyl sites for hydroxylation is 3. The molecular formula is C31H37Cl2N3O4S.